The number of benzene rings is 2. The van der Waals surface area contributed by atoms with Gasteiger partial charge in [-0.15, -0.1) is 0 Å². The van der Waals surface area contributed by atoms with Crippen LogP contribution in [-0.2, 0) is 9.53 Å². The number of hydrogen-bond acceptors (Lipinski definition) is 3. The minimum Gasteiger partial charge on any atom is -0.465 e. The summed E-state index contributed by atoms with van der Waals surface area (Å²) < 4.78 is 5.31. The molecular weight excluding hydrogens is 298 g/mol. The summed E-state index contributed by atoms with van der Waals surface area (Å²) in [6.07, 6.45) is 2.08. The molecule has 2 aromatic rings. The first-order valence-electron chi connectivity index (χ1n) is 8.81. The molecule has 0 bridgehead atoms. The Bertz CT molecular complexity index is 617. The normalized spacial score (nSPS) is 22.4. The van der Waals surface area contributed by atoms with Gasteiger partial charge in [-0.3, -0.25) is 9.69 Å². The zero-order chi connectivity index (χ0) is 16.9. The molecule has 0 radical (unpaired) electrons. The number of ether oxygens (including phenoxy) is 1. The van der Waals surface area contributed by atoms with Crippen molar-refractivity contribution in [3.05, 3.63) is 71.8 Å². The first-order valence-corrected chi connectivity index (χ1v) is 8.81. The minimum absolute atomic E-state index is 0.0900. The van der Waals surface area contributed by atoms with E-state index in [1.165, 1.54) is 11.1 Å². The summed E-state index contributed by atoms with van der Waals surface area (Å²) in [5, 5.41) is 0. The largest absolute Gasteiger partial charge is 0.465 e. The maximum atomic E-state index is 12.4. The second kappa shape index (κ2) is 7.63. The molecular formula is C21H25NO2. The van der Waals surface area contributed by atoms with Gasteiger partial charge in [0.1, 0.15) is 6.04 Å². The molecule has 0 saturated carbocycles. The summed E-state index contributed by atoms with van der Waals surface area (Å²) in [5.74, 6) is -0.0900. The van der Waals surface area contributed by atoms with Crippen LogP contribution in [-0.4, -0.2) is 29.6 Å². The molecule has 1 heterocycles. The van der Waals surface area contributed by atoms with Crippen LogP contribution < -0.4 is 0 Å². The van der Waals surface area contributed by atoms with Gasteiger partial charge in [0.05, 0.1) is 12.6 Å². The fourth-order valence-electron chi connectivity index (χ4n) is 3.57. The molecule has 24 heavy (non-hydrogen) atoms. The lowest BCUT2D eigenvalue weighted by Gasteiger charge is -2.21. The lowest BCUT2D eigenvalue weighted by Crippen LogP contribution is -2.20. The SMILES string of the molecule is CCC[C@H]1[C@H](C(=O)OCC)N1C(c1ccccc1)c1ccccc1. The molecule has 1 unspecified atom stereocenters. The standard InChI is InChI=1S/C21H25NO2/c1-3-11-18-20(21(23)24-4-2)22(18)19(16-12-7-5-8-13-16)17-14-9-6-10-15-17/h5-10,12-15,18-20H,3-4,11H2,1-2H3/t18-,20+,22?/m0/s1. The first kappa shape index (κ1) is 16.7. The van der Waals surface area contributed by atoms with Crippen molar-refractivity contribution in [2.24, 2.45) is 0 Å². The van der Waals surface area contributed by atoms with Gasteiger partial charge in [0, 0.05) is 6.04 Å². The summed E-state index contributed by atoms with van der Waals surface area (Å²) >= 11 is 0. The Morgan fingerprint density at radius 2 is 1.54 bits per heavy atom. The molecule has 0 aromatic heterocycles. The van der Waals surface area contributed by atoms with Gasteiger partial charge >= 0.3 is 5.97 Å². The Kier molecular flexibility index (Phi) is 5.31. The van der Waals surface area contributed by atoms with Gasteiger partial charge in [-0.05, 0) is 24.5 Å². The topological polar surface area (TPSA) is 29.3 Å². The monoisotopic (exact) mass is 323 g/mol. The zero-order valence-electron chi connectivity index (χ0n) is 14.4. The van der Waals surface area contributed by atoms with Crippen molar-refractivity contribution in [2.75, 3.05) is 6.61 Å². The van der Waals surface area contributed by atoms with Crippen LogP contribution in [0.25, 0.3) is 0 Å². The third kappa shape index (κ3) is 3.36. The number of carbonyl (C=O) groups is 1. The van der Waals surface area contributed by atoms with Gasteiger partial charge in [0.15, 0.2) is 0 Å². The van der Waals surface area contributed by atoms with Crippen LogP contribution in [0.1, 0.15) is 43.9 Å². The van der Waals surface area contributed by atoms with E-state index in [1.807, 2.05) is 19.1 Å². The molecule has 1 aliphatic rings. The predicted molar refractivity (Wildman–Crippen MR) is 95.7 cm³/mol. The van der Waals surface area contributed by atoms with Gasteiger partial charge in [0.2, 0.25) is 0 Å². The highest BCUT2D eigenvalue weighted by Gasteiger charge is 2.56. The van der Waals surface area contributed by atoms with E-state index >= 15 is 0 Å². The van der Waals surface area contributed by atoms with E-state index in [1.54, 1.807) is 0 Å². The highest BCUT2D eigenvalue weighted by Crippen LogP contribution is 2.44. The Morgan fingerprint density at radius 1 is 1.00 bits per heavy atom. The average molecular weight is 323 g/mol. The summed E-state index contributed by atoms with van der Waals surface area (Å²) in [7, 11) is 0. The second-order valence-electron chi connectivity index (χ2n) is 6.22. The van der Waals surface area contributed by atoms with Crippen LogP contribution in [0.3, 0.4) is 0 Å². The van der Waals surface area contributed by atoms with Crippen molar-refractivity contribution in [1.82, 2.24) is 4.90 Å². The molecule has 3 atom stereocenters. The molecule has 1 saturated heterocycles. The minimum atomic E-state index is -0.129. The smallest absolute Gasteiger partial charge is 0.325 e. The molecule has 1 fully saturated rings. The van der Waals surface area contributed by atoms with E-state index in [-0.39, 0.29) is 24.1 Å². The Labute approximate surface area is 144 Å². The van der Waals surface area contributed by atoms with Crippen LogP contribution in [0, 0.1) is 0 Å². The zero-order valence-corrected chi connectivity index (χ0v) is 14.4. The van der Waals surface area contributed by atoms with Gasteiger partial charge < -0.3 is 4.74 Å². The van der Waals surface area contributed by atoms with Crippen molar-refractivity contribution < 1.29 is 9.53 Å². The molecule has 1 aliphatic heterocycles. The Hall–Kier alpha value is -2.13. The van der Waals surface area contributed by atoms with Crippen LogP contribution in [0.15, 0.2) is 60.7 Å². The second-order valence-corrected chi connectivity index (χ2v) is 6.22. The van der Waals surface area contributed by atoms with Crippen LogP contribution in [0.2, 0.25) is 0 Å². The molecule has 0 spiro atoms. The molecule has 0 aliphatic carbocycles. The number of hydrogen-bond donors (Lipinski definition) is 0. The van der Waals surface area contributed by atoms with E-state index in [2.05, 4.69) is 60.4 Å². The third-order valence-corrected chi connectivity index (χ3v) is 4.62. The number of nitrogens with zero attached hydrogens (tertiary/aromatic N) is 1. The summed E-state index contributed by atoms with van der Waals surface area (Å²) in [4.78, 5) is 14.7. The first-order chi connectivity index (χ1) is 11.8. The summed E-state index contributed by atoms with van der Waals surface area (Å²) in [5.41, 5.74) is 2.44. The lowest BCUT2D eigenvalue weighted by atomic mass is 9.98. The van der Waals surface area contributed by atoms with Crippen LogP contribution in [0.4, 0.5) is 0 Å². The van der Waals surface area contributed by atoms with Crippen molar-refractivity contribution >= 4 is 5.97 Å². The summed E-state index contributed by atoms with van der Waals surface area (Å²) in [6, 6.07) is 21.1. The molecule has 0 amide bonds. The highest BCUT2D eigenvalue weighted by molar-refractivity contribution is 5.80. The Balaban J connectivity index is 1.95. The van der Waals surface area contributed by atoms with E-state index < -0.39 is 0 Å². The van der Waals surface area contributed by atoms with Gasteiger partial charge in [0.25, 0.3) is 0 Å². The highest BCUT2D eigenvalue weighted by atomic mass is 16.5. The number of carbonyl (C=O) groups excluding carboxylic acids is 1. The third-order valence-electron chi connectivity index (χ3n) is 4.62. The van der Waals surface area contributed by atoms with Crippen LogP contribution in [0.5, 0.6) is 0 Å². The van der Waals surface area contributed by atoms with Crippen molar-refractivity contribution in [3.8, 4) is 0 Å². The van der Waals surface area contributed by atoms with Gasteiger partial charge in [-0.25, -0.2) is 0 Å². The van der Waals surface area contributed by atoms with Crippen molar-refractivity contribution in [2.45, 2.75) is 44.8 Å². The van der Waals surface area contributed by atoms with E-state index in [4.69, 9.17) is 4.74 Å². The Morgan fingerprint density at radius 3 is 2.00 bits per heavy atom. The number of esters is 1. The average Bonchev–Trinajstić information content (AvgIpc) is 3.31. The van der Waals surface area contributed by atoms with Gasteiger partial charge in [-0.1, -0.05) is 74.0 Å². The van der Waals surface area contributed by atoms with Crippen molar-refractivity contribution in [1.29, 1.82) is 0 Å². The quantitative estimate of drug-likeness (QED) is 0.565. The maximum Gasteiger partial charge on any atom is 0.325 e. The maximum absolute atomic E-state index is 12.4. The molecule has 126 valence electrons. The van der Waals surface area contributed by atoms with E-state index in [0.29, 0.717) is 6.61 Å². The molecule has 3 heteroatoms. The molecule has 2 aromatic carbocycles. The molecule has 3 rings (SSSR count). The van der Waals surface area contributed by atoms with Gasteiger partial charge in [-0.2, -0.15) is 0 Å². The van der Waals surface area contributed by atoms with E-state index in [0.717, 1.165) is 12.8 Å². The summed E-state index contributed by atoms with van der Waals surface area (Å²) in [6.45, 7) is 4.47. The number of rotatable bonds is 7. The molecule has 3 nitrogen and oxygen atoms in total. The predicted octanol–water partition coefficient (Wildman–Crippen LogP) is 4.19. The lowest BCUT2D eigenvalue weighted by molar-refractivity contribution is -0.143. The fourth-order valence-corrected chi connectivity index (χ4v) is 3.57. The van der Waals surface area contributed by atoms with E-state index in [9.17, 15) is 4.79 Å². The molecule has 0 N–H and O–H groups in total. The fraction of sp³-hybridized carbons (Fsp3) is 0.381. The van der Waals surface area contributed by atoms with Crippen LogP contribution >= 0.6 is 0 Å². The van der Waals surface area contributed by atoms with Crippen molar-refractivity contribution in [3.63, 3.8) is 0 Å².